The molecule has 0 aliphatic carbocycles. The number of halogens is 2. The number of rotatable bonds is 8. The molecule has 0 spiro atoms. The van der Waals surface area contributed by atoms with E-state index in [1.807, 2.05) is 0 Å². The fraction of sp³-hybridized carbons (Fsp3) is 0.600. The van der Waals surface area contributed by atoms with Crippen LogP contribution < -0.4 is 4.74 Å². The molecule has 7 heteroatoms. The highest BCUT2D eigenvalue weighted by Crippen LogP contribution is 2.14. The Balaban J connectivity index is 2.15. The van der Waals surface area contributed by atoms with Crippen LogP contribution in [-0.4, -0.2) is 43.5 Å². The predicted molar refractivity (Wildman–Crippen MR) is 59.8 cm³/mol. The van der Waals surface area contributed by atoms with E-state index in [0.717, 1.165) is 12.6 Å². The van der Waals surface area contributed by atoms with Crippen LogP contribution in [0.4, 0.5) is 4.39 Å². The molecule has 0 aliphatic heterocycles. The monoisotopic (exact) mass is 264 g/mol. The van der Waals surface area contributed by atoms with Gasteiger partial charge in [-0.2, -0.15) is 9.37 Å². The molecule has 0 atom stereocenters. The fourth-order valence-electron chi connectivity index (χ4n) is 1.04. The van der Waals surface area contributed by atoms with Crippen LogP contribution in [0.15, 0.2) is 6.20 Å². The van der Waals surface area contributed by atoms with E-state index in [1.165, 1.54) is 0 Å². The van der Waals surface area contributed by atoms with Crippen molar-refractivity contribution in [3.63, 3.8) is 0 Å². The van der Waals surface area contributed by atoms with Crippen molar-refractivity contribution in [2.45, 2.75) is 6.42 Å². The third-order valence-corrected chi connectivity index (χ3v) is 1.97. The summed E-state index contributed by atoms with van der Waals surface area (Å²) in [4.78, 5) is 7.07. The van der Waals surface area contributed by atoms with Gasteiger partial charge in [-0.15, -0.1) is 0 Å². The molecule has 0 saturated heterocycles. The van der Waals surface area contributed by atoms with E-state index in [1.54, 1.807) is 7.11 Å². The summed E-state index contributed by atoms with van der Waals surface area (Å²) >= 11 is 5.50. The molecule has 0 saturated carbocycles. The molecule has 1 aromatic heterocycles. The topological polar surface area (TPSA) is 53.5 Å². The summed E-state index contributed by atoms with van der Waals surface area (Å²) in [6.07, 6.45) is 1.77. The van der Waals surface area contributed by atoms with E-state index >= 15 is 0 Å². The second-order valence-corrected chi connectivity index (χ2v) is 3.44. The normalized spacial score (nSPS) is 10.5. The first kappa shape index (κ1) is 14.1. The number of methoxy groups -OCH3 is 1. The molecular formula is C10H14ClFN2O3. The van der Waals surface area contributed by atoms with Crippen molar-refractivity contribution in [1.29, 1.82) is 0 Å². The van der Waals surface area contributed by atoms with Gasteiger partial charge in [-0.05, 0) is 18.0 Å². The summed E-state index contributed by atoms with van der Waals surface area (Å²) in [5.74, 6) is -0.806. The lowest BCUT2D eigenvalue weighted by molar-refractivity contribution is 0.0784. The molecule has 0 bridgehead atoms. The van der Waals surface area contributed by atoms with E-state index in [4.69, 9.17) is 25.8 Å². The summed E-state index contributed by atoms with van der Waals surface area (Å²) in [6.45, 7) is 1.78. The Kier molecular flexibility index (Phi) is 6.76. The Morgan fingerprint density at radius 2 is 2.12 bits per heavy atom. The fourth-order valence-corrected chi connectivity index (χ4v) is 1.16. The van der Waals surface area contributed by atoms with Crippen LogP contribution in [0.2, 0.25) is 5.28 Å². The molecule has 0 amide bonds. The van der Waals surface area contributed by atoms with Crippen LogP contribution in [0.3, 0.4) is 0 Å². The molecule has 0 aromatic carbocycles. The summed E-state index contributed by atoms with van der Waals surface area (Å²) in [5, 5.41) is -0.0533. The molecule has 96 valence electrons. The van der Waals surface area contributed by atoms with Gasteiger partial charge in [0.25, 0.3) is 5.88 Å². The van der Waals surface area contributed by atoms with E-state index in [9.17, 15) is 4.39 Å². The summed E-state index contributed by atoms with van der Waals surface area (Å²) in [7, 11) is 1.63. The lowest BCUT2D eigenvalue weighted by atomic mass is 10.5. The minimum absolute atomic E-state index is 0.0533. The minimum Gasteiger partial charge on any atom is -0.473 e. The highest BCUT2D eigenvalue weighted by Gasteiger charge is 2.06. The largest absolute Gasteiger partial charge is 0.473 e. The maximum absolute atomic E-state index is 13.1. The minimum atomic E-state index is -0.645. The average Bonchev–Trinajstić information content (AvgIpc) is 2.32. The molecule has 1 heterocycles. The predicted octanol–water partition coefficient (Wildman–Crippen LogP) is 1.70. The van der Waals surface area contributed by atoms with E-state index in [0.29, 0.717) is 19.8 Å². The second kappa shape index (κ2) is 8.16. The molecule has 17 heavy (non-hydrogen) atoms. The van der Waals surface area contributed by atoms with Gasteiger partial charge in [0.15, 0.2) is 0 Å². The number of nitrogens with zero attached hydrogens (tertiary/aromatic N) is 2. The van der Waals surface area contributed by atoms with Gasteiger partial charge in [-0.25, -0.2) is 4.98 Å². The van der Waals surface area contributed by atoms with Gasteiger partial charge in [0, 0.05) is 20.3 Å². The third-order valence-electron chi connectivity index (χ3n) is 1.79. The molecule has 0 unspecified atom stereocenters. The van der Waals surface area contributed by atoms with Gasteiger partial charge in [-0.1, -0.05) is 0 Å². The molecule has 0 radical (unpaired) electrons. The zero-order valence-electron chi connectivity index (χ0n) is 9.49. The summed E-state index contributed by atoms with van der Waals surface area (Å²) < 4.78 is 28.2. The van der Waals surface area contributed by atoms with Gasteiger partial charge in [0.1, 0.15) is 6.61 Å². The number of hydrogen-bond acceptors (Lipinski definition) is 5. The third kappa shape index (κ3) is 5.76. The van der Waals surface area contributed by atoms with Crippen molar-refractivity contribution in [3.8, 4) is 5.88 Å². The van der Waals surface area contributed by atoms with E-state index < -0.39 is 5.82 Å². The van der Waals surface area contributed by atoms with Crippen LogP contribution in [0, 0.1) is 5.82 Å². The Morgan fingerprint density at radius 3 is 2.88 bits per heavy atom. The summed E-state index contributed by atoms with van der Waals surface area (Å²) in [5.41, 5.74) is 0. The molecule has 0 aliphatic rings. The maximum atomic E-state index is 13.1. The Labute approximate surface area is 104 Å². The van der Waals surface area contributed by atoms with Crippen LogP contribution in [0.1, 0.15) is 6.42 Å². The molecule has 1 aromatic rings. The number of aromatic nitrogens is 2. The highest BCUT2D eigenvalue weighted by atomic mass is 35.5. The van der Waals surface area contributed by atoms with Crippen molar-refractivity contribution in [2.24, 2.45) is 0 Å². The Hall–Kier alpha value is -0.980. The van der Waals surface area contributed by atoms with Gasteiger partial charge in [-0.3, -0.25) is 0 Å². The Morgan fingerprint density at radius 1 is 1.29 bits per heavy atom. The summed E-state index contributed by atoms with van der Waals surface area (Å²) in [6, 6.07) is 0. The first-order valence-electron chi connectivity index (χ1n) is 5.11. The Bertz CT molecular complexity index is 341. The second-order valence-electron chi connectivity index (χ2n) is 3.10. The van der Waals surface area contributed by atoms with Crippen LogP contribution >= 0.6 is 11.6 Å². The zero-order valence-corrected chi connectivity index (χ0v) is 10.2. The SMILES string of the molecule is COCCCOCCOc1nc(Cl)ncc1F. The lowest BCUT2D eigenvalue weighted by Crippen LogP contribution is -2.10. The maximum Gasteiger partial charge on any atom is 0.254 e. The van der Waals surface area contributed by atoms with Crippen molar-refractivity contribution in [2.75, 3.05) is 33.5 Å². The van der Waals surface area contributed by atoms with Gasteiger partial charge >= 0.3 is 0 Å². The van der Waals surface area contributed by atoms with E-state index in [2.05, 4.69) is 9.97 Å². The molecule has 1 rings (SSSR count). The quantitative estimate of drug-likeness (QED) is 0.528. The van der Waals surface area contributed by atoms with Crippen molar-refractivity contribution in [1.82, 2.24) is 9.97 Å². The van der Waals surface area contributed by atoms with Crippen molar-refractivity contribution in [3.05, 3.63) is 17.3 Å². The molecule has 0 N–H and O–H groups in total. The van der Waals surface area contributed by atoms with Crippen LogP contribution in [0.5, 0.6) is 5.88 Å². The first-order valence-corrected chi connectivity index (χ1v) is 5.49. The molecule has 5 nitrogen and oxygen atoms in total. The zero-order chi connectivity index (χ0) is 12.5. The van der Waals surface area contributed by atoms with Gasteiger partial charge in [0.05, 0.1) is 12.8 Å². The van der Waals surface area contributed by atoms with Crippen molar-refractivity contribution >= 4 is 11.6 Å². The number of hydrogen-bond donors (Lipinski definition) is 0. The number of ether oxygens (including phenoxy) is 3. The van der Waals surface area contributed by atoms with E-state index in [-0.39, 0.29) is 17.8 Å². The van der Waals surface area contributed by atoms with Gasteiger partial charge in [0.2, 0.25) is 11.1 Å². The van der Waals surface area contributed by atoms with Crippen molar-refractivity contribution < 1.29 is 18.6 Å². The smallest absolute Gasteiger partial charge is 0.254 e. The van der Waals surface area contributed by atoms with Gasteiger partial charge < -0.3 is 14.2 Å². The standard InChI is InChI=1S/C10H14ClFN2O3/c1-15-3-2-4-16-5-6-17-9-8(12)7-13-10(11)14-9/h7H,2-6H2,1H3. The molecular weight excluding hydrogens is 251 g/mol. The van der Waals surface area contributed by atoms with Crippen LogP contribution in [0.25, 0.3) is 0 Å². The lowest BCUT2D eigenvalue weighted by Gasteiger charge is -2.06. The van der Waals surface area contributed by atoms with Crippen LogP contribution in [-0.2, 0) is 9.47 Å². The first-order chi connectivity index (χ1) is 8.24. The molecule has 0 fully saturated rings. The highest BCUT2D eigenvalue weighted by molar-refractivity contribution is 6.28. The average molecular weight is 265 g/mol.